The Morgan fingerprint density at radius 1 is 1.04 bits per heavy atom. The second kappa shape index (κ2) is 9.66. The van der Waals surface area contributed by atoms with Crippen molar-refractivity contribution in [2.24, 2.45) is 5.92 Å². The normalized spacial score (nSPS) is 12.9. The van der Waals surface area contributed by atoms with Crippen LogP contribution in [0.4, 0.5) is 0 Å². The van der Waals surface area contributed by atoms with Gasteiger partial charge in [0, 0.05) is 13.3 Å². The van der Waals surface area contributed by atoms with E-state index in [-0.39, 0.29) is 18.2 Å². The molecule has 1 aromatic rings. The van der Waals surface area contributed by atoms with Crippen molar-refractivity contribution in [1.29, 1.82) is 0 Å². The van der Waals surface area contributed by atoms with Crippen LogP contribution in [-0.4, -0.2) is 44.1 Å². The molecule has 0 aromatic heterocycles. The Balaban J connectivity index is 2.88. The average Bonchev–Trinajstić information content (AvgIpc) is 2.58. The third-order valence-electron chi connectivity index (χ3n) is 3.71. The van der Waals surface area contributed by atoms with Gasteiger partial charge in [-0.2, -0.15) is 0 Å². The Morgan fingerprint density at radius 2 is 1.64 bits per heavy atom. The molecule has 0 radical (unpaired) electrons. The molecule has 0 spiro atoms. The van der Waals surface area contributed by atoms with Crippen LogP contribution in [0, 0.1) is 5.92 Å². The SMILES string of the molecule is COC(=O)[C@@H](Cc1ccc(OC)cc1)NC(=O)[C@H](NC(C)=O)C(C)C. The lowest BCUT2D eigenvalue weighted by Gasteiger charge is -2.24. The van der Waals surface area contributed by atoms with E-state index in [0.717, 1.165) is 5.56 Å². The van der Waals surface area contributed by atoms with Gasteiger partial charge in [0.15, 0.2) is 0 Å². The summed E-state index contributed by atoms with van der Waals surface area (Å²) in [5, 5.41) is 5.27. The van der Waals surface area contributed by atoms with Gasteiger partial charge in [0.25, 0.3) is 0 Å². The van der Waals surface area contributed by atoms with E-state index >= 15 is 0 Å². The van der Waals surface area contributed by atoms with Crippen molar-refractivity contribution < 1.29 is 23.9 Å². The Hall–Kier alpha value is -2.57. The first-order valence-electron chi connectivity index (χ1n) is 8.06. The topological polar surface area (TPSA) is 93.7 Å². The molecular formula is C18H26N2O5. The lowest BCUT2D eigenvalue weighted by atomic mass is 10.0. The van der Waals surface area contributed by atoms with Crippen LogP contribution in [0.3, 0.4) is 0 Å². The maximum absolute atomic E-state index is 12.5. The first kappa shape index (κ1) is 20.5. The lowest BCUT2D eigenvalue weighted by molar-refractivity contribution is -0.145. The molecule has 7 heteroatoms. The number of rotatable bonds is 8. The van der Waals surface area contributed by atoms with Gasteiger partial charge in [-0.15, -0.1) is 0 Å². The molecule has 0 bridgehead atoms. The summed E-state index contributed by atoms with van der Waals surface area (Å²) >= 11 is 0. The number of methoxy groups -OCH3 is 2. The number of hydrogen-bond acceptors (Lipinski definition) is 5. The number of benzene rings is 1. The molecule has 0 saturated heterocycles. The molecule has 25 heavy (non-hydrogen) atoms. The number of ether oxygens (including phenoxy) is 2. The molecule has 0 fully saturated rings. The van der Waals surface area contributed by atoms with Crippen LogP contribution >= 0.6 is 0 Å². The van der Waals surface area contributed by atoms with E-state index in [2.05, 4.69) is 10.6 Å². The minimum atomic E-state index is -0.846. The zero-order valence-corrected chi connectivity index (χ0v) is 15.3. The van der Waals surface area contributed by atoms with Gasteiger partial charge in [-0.3, -0.25) is 9.59 Å². The number of hydrogen-bond donors (Lipinski definition) is 2. The Labute approximate surface area is 148 Å². The third kappa shape index (κ3) is 6.45. The highest BCUT2D eigenvalue weighted by Gasteiger charge is 2.28. The maximum Gasteiger partial charge on any atom is 0.328 e. The van der Waals surface area contributed by atoms with E-state index in [4.69, 9.17) is 9.47 Å². The van der Waals surface area contributed by atoms with Crippen molar-refractivity contribution in [2.45, 2.75) is 39.3 Å². The molecule has 0 heterocycles. The van der Waals surface area contributed by atoms with Crippen molar-refractivity contribution in [2.75, 3.05) is 14.2 Å². The van der Waals surface area contributed by atoms with Crippen molar-refractivity contribution in [1.82, 2.24) is 10.6 Å². The minimum absolute atomic E-state index is 0.122. The fraction of sp³-hybridized carbons (Fsp3) is 0.500. The molecule has 0 aliphatic heterocycles. The van der Waals surface area contributed by atoms with Crippen molar-refractivity contribution in [3.8, 4) is 5.75 Å². The summed E-state index contributed by atoms with van der Waals surface area (Å²) < 4.78 is 9.89. The van der Waals surface area contributed by atoms with Gasteiger partial charge in [0.2, 0.25) is 11.8 Å². The molecule has 2 atom stereocenters. The van der Waals surface area contributed by atoms with Crippen molar-refractivity contribution in [3.63, 3.8) is 0 Å². The van der Waals surface area contributed by atoms with E-state index < -0.39 is 24.0 Å². The molecule has 0 aliphatic rings. The summed E-state index contributed by atoms with van der Waals surface area (Å²) in [6.07, 6.45) is 0.271. The lowest BCUT2D eigenvalue weighted by Crippen LogP contribution is -2.54. The maximum atomic E-state index is 12.5. The molecule has 1 aromatic carbocycles. The molecule has 7 nitrogen and oxygen atoms in total. The van der Waals surface area contributed by atoms with Gasteiger partial charge in [-0.25, -0.2) is 4.79 Å². The standard InChI is InChI=1S/C18H26N2O5/c1-11(2)16(19-12(3)21)17(22)20-15(18(23)25-5)10-13-6-8-14(24-4)9-7-13/h6-9,11,15-16H,10H2,1-5H3,(H,19,21)(H,20,22)/t15-,16-/m1/s1. The molecule has 1 rings (SSSR count). The Kier molecular flexibility index (Phi) is 7.91. The van der Waals surface area contributed by atoms with Crippen LogP contribution in [0.25, 0.3) is 0 Å². The highest BCUT2D eigenvalue weighted by molar-refractivity contribution is 5.90. The van der Waals surface area contributed by atoms with E-state index in [9.17, 15) is 14.4 Å². The summed E-state index contributed by atoms with van der Waals surface area (Å²) in [5.41, 5.74) is 0.845. The molecule has 0 unspecified atom stereocenters. The quantitative estimate of drug-likeness (QED) is 0.684. The summed E-state index contributed by atoms with van der Waals surface area (Å²) in [7, 11) is 2.84. The minimum Gasteiger partial charge on any atom is -0.497 e. The summed E-state index contributed by atoms with van der Waals surface area (Å²) in [6, 6.07) is 5.62. The van der Waals surface area contributed by atoms with Gasteiger partial charge >= 0.3 is 5.97 Å². The average molecular weight is 350 g/mol. The van der Waals surface area contributed by atoms with Crippen LogP contribution in [-0.2, 0) is 25.5 Å². The van der Waals surface area contributed by atoms with Crippen LogP contribution in [0.2, 0.25) is 0 Å². The number of amides is 2. The van der Waals surface area contributed by atoms with Crippen LogP contribution < -0.4 is 15.4 Å². The fourth-order valence-electron chi connectivity index (χ4n) is 2.35. The second-order valence-electron chi connectivity index (χ2n) is 6.06. The van der Waals surface area contributed by atoms with Gasteiger partial charge in [0.05, 0.1) is 14.2 Å². The summed E-state index contributed by atoms with van der Waals surface area (Å²) in [5.74, 6) is -0.696. The number of nitrogens with one attached hydrogen (secondary N) is 2. The van der Waals surface area contributed by atoms with E-state index in [1.165, 1.54) is 14.0 Å². The first-order valence-corrected chi connectivity index (χ1v) is 8.06. The monoisotopic (exact) mass is 350 g/mol. The number of carbonyl (C=O) groups excluding carboxylic acids is 3. The highest BCUT2D eigenvalue weighted by Crippen LogP contribution is 2.13. The second-order valence-corrected chi connectivity index (χ2v) is 6.06. The Morgan fingerprint density at radius 3 is 2.08 bits per heavy atom. The number of esters is 1. The van der Waals surface area contributed by atoms with Gasteiger partial charge < -0.3 is 20.1 Å². The Bertz CT molecular complexity index is 598. The third-order valence-corrected chi connectivity index (χ3v) is 3.71. The smallest absolute Gasteiger partial charge is 0.328 e. The predicted octanol–water partition coefficient (Wildman–Crippen LogP) is 1.06. The first-order chi connectivity index (χ1) is 11.8. The van der Waals surface area contributed by atoms with Gasteiger partial charge in [-0.1, -0.05) is 26.0 Å². The van der Waals surface area contributed by atoms with Crippen molar-refractivity contribution >= 4 is 17.8 Å². The van der Waals surface area contributed by atoms with E-state index in [1.54, 1.807) is 19.2 Å². The number of carbonyl (C=O) groups is 3. The summed E-state index contributed by atoms with van der Waals surface area (Å²) in [6.45, 7) is 4.98. The van der Waals surface area contributed by atoms with Crippen LogP contribution in [0.1, 0.15) is 26.3 Å². The van der Waals surface area contributed by atoms with Crippen LogP contribution in [0.5, 0.6) is 5.75 Å². The van der Waals surface area contributed by atoms with E-state index in [0.29, 0.717) is 5.75 Å². The largest absolute Gasteiger partial charge is 0.497 e. The van der Waals surface area contributed by atoms with E-state index in [1.807, 2.05) is 26.0 Å². The molecular weight excluding hydrogens is 324 g/mol. The zero-order valence-electron chi connectivity index (χ0n) is 15.3. The predicted molar refractivity (Wildman–Crippen MR) is 93.1 cm³/mol. The molecule has 138 valence electrons. The molecule has 0 saturated carbocycles. The molecule has 0 aliphatic carbocycles. The highest BCUT2D eigenvalue weighted by atomic mass is 16.5. The van der Waals surface area contributed by atoms with Gasteiger partial charge in [0.1, 0.15) is 17.8 Å². The molecule has 2 N–H and O–H groups in total. The fourth-order valence-corrected chi connectivity index (χ4v) is 2.35. The van der Waals surface area contributed by atoms with Crippen LogP contribution in [0.15, 0.2) is 24.3 Å². The zero-order chi connectivity index (χ0) is 19.0. The van der Waals surface area contributed by atoms with Gasteiger partial charge in [-0.05, 0) is 23.6 Å². The summed E-state index contributed by atoms with van der Waals surface area (Å²) in [4.78, 5) is 35.8. The molecule has 2 amide bonds. The van der Waals surface area contributed by atoms with Crippen molar-refractivity contribution in [3.05, 3.63) is 29.8 Å².